The Hall–Kier alpha value is -2.86. The molecule has 0 radical (unpaired) electrons. The molecule has 3 aromatic rings. The average Bonchev–Trinajstić information content (AvgIpc) is 3.25. The van der Waals surface area contributed by atoms with Crippen molar-refractivity contribution in [3.8, 4) is 0 Å². The molecule has 2 amide bonds. The predicted octanol–water partition coefficient (Wildman–Crippen LogP) is 3.97. The van der Waals surface area contributed by atoms with Crippen LogP contribution in [0, 0.1) is 0 Å². The van der Waals surface area contributed by atoms with Crippen LogP contribution in [0.2, 0.25) is 0 Å². The Morgan fingerprint density at radius 3 is 2.26 bits per heavy atom. The van der Waals surface area contributed by atoms with Gasteiger partial charge in [0.25, 0.3) is 11.8 Å². The van der Waals surface area contributed by atoms with Gasteiger partial charge in [-0.25, -0.2) is 4.98 Å². The second kappa shape index (κ2) is 7.40. The van der Waals surface area contributed by atoms with Crippen LogP contribution in [0.25, 0.3) is 0 Å². The minimum Gasteiger partial charge on any atom is -0.444 e. The summed E-state index contributed by atoms with van der Waals surface area (Å²) < 4.78 is 5.92. The normalized spacial score (nSPS) is 14.5. The van der Waals surface area contributed by atoms with Crippen molar-refractivity contribution in [2.24, 2.45) is 0 Å². The number of thioether (sulfide) groups is 1. The number of carbonyl (C=O) groups is 2. The van der Waals surface area contributed by atoms with Gasteiger partial charge in [0, 0.05) is 13.0 Å². The molecule has 2 aromatic carbocycles. The molecule has 0 saturated carbocycles. The van der Waals surface area contributed by atoms with E-state index in [0.717, 1.165) is 11.3 Å². The van der Waals surface area contributed by atoms with E-state index in [-0.39, 0.29) is 23.6 Å². The minimum absolute atomic E-state index is 0.211. The number of hydrogen-bond acceptors (Lipinski definition) is 5. The largest absolute Gasteiger partial charge is 0.444 e. The number of rotatable bonds is 6. The molecule has 4 rings (SSSR count). The fraction of sp³-hybridized carbons (Fsp3) is 0.190. The van der Waals surface area contributed by atoms with Gasteiger partial charge in [-0.1, -0.05) is 42.5 Å². The van der Waals surface area contributed by atoms with Crippen molar-refractivity contribution in [2.45, 2.75) is 11.7 Å². The second-order valence-corrected chi connectivity index (χ2v) is 7.36. The van der Waals surface area contributed by atoms with E-state index in [1.165, 1.54) is 16.7 Å². The van der Waals surface area contributed by atoms with Crippen molar-refractivity contribution in [1.82, 2.24) is 9.88 Å². The predicted molar refractivity (Wildman–Crippen MR) is 104 cm³/mol. The van der Waals surface area contributed by atoms with Crippen LogP contribution in [-0.2, 0) is 6.42 Å². The van der Waals surface area contributed by atoms with E-state index in [2.05, 4.69) is 4.98 Å². The van der Waals surface area contributed by atoms with E-state index < -0.39 is 0 Å². The van der Waals surface area contributed by atoms with E-state index in [9.17, 15) is 9.59 Å². The van der Waals surface area contributed by atoms with Crippen LogP contribution in [-0.4, -0.2) is 34.5 Å². The number of imide groups is 1. The summed E-state index contributed by atoms with van der Waals surface area (Å²) in [6.45, 7) is 0.235. The van der Waals surface area contributed by atoms with Gasteiger partial charge >= 0.3 is 0 Å². The Bertz CT molecular complexity index is 949. The zero-order valence-electron chi connectivity index (χ0n) is 14.8. The first-order valence-electron chi connectivity index (χ1n) is 8.64. The van der Waals surface area contributed by atoms with Crippen LogP contribution in [0.3, 0.4) is 0 Å². The van der Waals surface area contributed by atoms with Gasteiger partial charge in [0.2, 0.25) is 5.89 Å². The molecular weight excluding hydrogens is 360 g/mol. The maximum atomic E-state index is 12.6. The van der Waals surface area contributed by atoms with Crippen molar-refractivity contribution >= 4 is 23.6 Å². The molecule has 1 unspecified atom stereocenters. The first-order chi connectivity index (χ1) is 13.2. The molecular formula is C21H18N2O3S. The Morgan fingerprint density at radius 1 is 1.00 bits per heavy atom. The van der Waals surface area contributed by atoms with Crippen LogP contribution in [0.4, 0.5) is 0 Å². The molecule has 0 aliphatic carbocycles. The van der Waals surface area contributed by atoms with E-state index >= 15 is 0 Å². The van der Waals surface area contributed by atoms with Gasteiger partial charge in [-0.05, 0) is 24.0 Å². The Balaban J connectivity index is 1.51. The molecule has 5 nitrogen and oxygen atoms in total. The summed E-state index contributed by atoms with van der Waals surface area (Å²) in [5, 5.41) is -0.211. The average molecular weight is 378 g/mol. The van der Waals surface area contributed by atoms with Gasteiger partial charge in [-0.2, -0.15) is 11.8 Å². The first kappa shape index (κ1) is 17.5. The molecule has 6 heteroatoms. The van der Waals surface area contributed by atoms with Crippen molar-refractivity contribution in [3.05, 3.63) is 89.1 Å². The van der Waals surface area contributed by atoms with Gasteiger partial charge in [0.1, 0.15) is 5.76 Å². The summed E-state index contributed by atoms with van der Waals surface area (Å²) in [5.74, 6) is 0.777. The molecule has 1 aliphatic rings. The molecule has 2 heterocycles. The van der Waals surface area contributed by atoms with Crippen molar-refractivity contribution in [1.29, 1.82) is 0 Å². The van der Waals surface area contributed by atoms with Gasteiger partial charge in [-0.3, -0.25) is 14.5 Å². The lowest BCUT2D eigenvalue weighted by Gasteiger charge is -2.18. The molecule has 0 spiro atoms. The minimum atomic E-state index is -0.259. The molecule has 0 fully saturated rings. The van der Waals surface area contributed by atoms with Crippen LogP contribution < -0.4 is 0 Å². The Labute approximate surface area is 161 Å². The van der Waals surface area contributed by atoms with E-state index in [1.807, 2.05) is 36.6 Å². The Kier molecular flexibility index (Phi) is 4.81. The lowest BCUT2D eigenvalue weighted by Crippen LogP contribution is -2.33. The summed E-state index contributed by atoms with van der Waals surface area (Å²) in [6, 6.07) is 16.9. The second-order valence-electron chi connectivity index (χ2n) is 6.32. The third-order valence-corrected chi connectivity index (χ3v) is 5.50. The molecule has 0 bridgehead atoms. The number of carbonyl (C=O) groups excluding carboxylic acids is 2. The number of aromatic nitrogens is 1. The summed E-state index contributed by atoms with van der Waals surface area (Å²) in [5.41, 5.74) is 2.06. The summed E-state index contributed by atoms with van der Waals surface area (Å²) in [7, 11) is 0. The SMILES string of the molecule is CSC(CN1C(=O)c2ccccc2C1=O)c1ncc(Cc2ccccc2)o1. The van der Waals surface area contributed by atoms with Crippen LogP contribution in [0.15, 0.2) is 65.2 Å². The molecule has 1 aliphatic heterocycles. The monoisotopic (exact) mass is 378 g/mol. The first-order valence-corrected chi connectivity index (χ1v) is 9.92. The zero-order chi connectivity index (χ0) is 18.8. The van der Waals surface area contributed by atoms with Gasteiger partial charge in [0.15, 0.2) is 0 Å². The lowest BCUT2D eigenvalue weighted by atomic mass is 10.1. The summed E-state index contributed by atoms with van der Waals surface area (Å²) in [4.78, 5) is 30.8. The van der Waals surface area contributed by atoms with Crippen molar-refractivity contribution < 1.29 is 14.0 Å². The number of benzene rings is 2. The van der Waals surface area contributed by atoms with Gasteiger partial charge in [-0.15, -0.1) is 0 Å². The van der Waals surface area contributed by atoms with Gasteiger partial charge in [0.05, 0.1) is 22.6 Å². The number of hydrogen-bond donors (Lipinski definition) is 0. The van der Waals surface area contributed by atoms with Gasteiger partial charge < -0.3 is 4.42 Å². The maximum Gasteiger partial charge on any atom is 0.261 e. The molecule has 27 heavy (non-hydrogen) atoms. The van der Waals surface area contributed by atoms with Crippen LogP contribution in [0.1, 0.15) is 43.2 Å². The van der Waals surface area contributed by atoms with Crippen LogP contribution >= 0.6 is 11.8 Å². The molecule has 136 valence electrons. The zero-order valence-corrected chi connectivity index (χ0v) is 15.6. The third-order valence-electron chi connectivity index (χ3n) is 4.58. The standard InChI is InChI=1S/C21H18N2O3S/c1-27-18(13-23-20(24)16-9-5-6-10-17(16)21(23)25)19-22-12-15(26-19)11-14-7-3-2-4-8-14/h2-10,12,18H,11,13H2,1H3. The van der Waals surface area contributed by atoms with E-state index in [0.29, 0.717) is 23.4 Å². The molecule has 1 atom stereocenters. The summed E-state index contributed by atoms with van der Waals surface area (Å²) >= 11 is 1.51. The lowest BCUT2D eigenvalue weighted by molar-refractivity contribution is 0.0652. The highest BCUT2D eigenvalue weighted by Crippen LogP contribution is 2.31. The highest BCUT2D eigenvalue weighted by molar-refractivity contribution is 7.98. The highest BCUT2D eigenvalue weighted by atomic mass is 32.2. The number of oxazole rings is 1. The topological polar surface area (TPSA) is 63.4 Å². The fourth-order valence-corrected chi connectivity index (χ4v) is 3.78. The number of nitrogens with zero attached hydrogens (tertiary/aromatic N) is 2. The van der Waals surface area contributed by atoms with E-state index in [4.69, 9.17) is 4.42 Å². The third kappa shape index (κ3) is 3.40. The molecule has 0 saturated heterocycles. The van der Waals surface area contributed by atoms with Crippen molar-refractivity contribution in [2.75, 3.05) is 12.8 Å². The van der Waals surface area contributed by atoms with E-state index in [1.54, 1.807) is 30.5 Å². The molecule has 1 aromatic heterocycles. The maximum absolute atomic E-state index is 12.6. The molecule has 0 N–H and O–H groups in total. The summed E-state index contributed by atoms with van der Waals surface area (Å²) in [6.07, 6.45) is 4.29. The highest BCUT2D eigenvalue weighted by Gasteiger charge is 2.37. The Morgan fingerprint density at radius 2 is 1.63 bits per heavy atom. The number of amides is 2. The quantitative estimate of drug-likeness (QED) is 0.608. The van der Waals surface area contributed by atoms with Crippen molar-refractivity contribution in [3.63, 3.8) is 0 Å². The fourth-order valence-electron chi connectivity index (χ4n) is 3.17. The smallest absolute Gasteiger partial charge is 0.261 e. The number of fused-ring (bicyclic) bond motifs is 1. The van der Waals surface area contributed by atoms with Crippen LogP contribution in [0.5, 0.6) is 0 Å².